The minimum Gasteiger partial charge on any atom is -0.303 e. The molecule has 0 aromatic rings. The van der Waals surface area contributed by atoms with Crippen LogP contribution in [0.25, 0.3) is 0 Å². The van der Waals surface area contributed by atoms with Crippen molar-refractivity contribution >= 4 is 10.0 Å². The van der Waals surface area contributed by atoms with Gasteiger partial charge in [0.15, 0.2) is 0 Å². The molecule has 1 saturated carbocycles. The number of hydrogen-bond acceptors (Lipinski definition) is 3. The first-order chi connectivity index (χ1) is 7.40. The molecule has 1 aliphatic carbocycles. The molecule has 0 radical (unpaired) electrons. The Balaban J connectivity index is 2.31. The van der Waals surface area contributed by atoms with Crippen molar-refractivity contribution in [2.75, 3.05) is 19.3 Å². The molecule has 1 fully saturated rings. The second-order valence-electron chi connectivity index (χ2n) is 5.03. The van der Waals surface area contributed by atoms with E-state index in [0.29, 0.717) is 12.5 Å². The molecular formula is C11H24N2O2S. The number of sulfonamides is 1. The van der Waals surface area contributed by atoms with Gasteiger partial charge in [0.05, 0.1) is 5.75 Å². The number of nitrogens with two attached hydrogens (primary N) is 1. The third-order valence-electron chi connectivity index (χ3n) is 3.57. The van der Waals surface area contributed by atoms with E-state index < -0.39 is 10.0 Å². The second kappa shape index (κ2) is 5.98. The van der Waals surface area contributed by atoms with Crippen molar-refractivity contribution in [3.63, 3.8) is 0 Å². The van der Waals surface area contributed by atoms with E-state index in [4.69, 9.17) is 5.14 Å². The Bertz CT molecular complexity index is 303. The molecule has 0 amide bonds. The first kappa shape index (κ1) is 13.9. The normalized spacial score (nSPS) is 27.2. The predicted molar refractivity (Wildman–Crippen MR) is 66.6 cm³/mol. The molecule has 1 aliphatic rings. The second-order valence-corrected chi connectivity index (χ2v) is 6.76. The van der Waals surface area contributed by atoms with E-state index in [-0.39, 0.29) is 5.75 Å². The minimum atomic E-state index is -3.29. The van der Waals surface area contributed by atoms with Gasteiger partial charge in [0.1, 0.15) is 0 Å². The molecule has 2 N–H and O–H groups in total. The maximum absolute atomic E-state index is 10.8. The molecule has 2 unspecified atom stereocenters. The third kappa shape index (κ3) is 4.80. The lowest BCUT2D eigenvalue weighted by atomic mass is 9.85. The Morgan fingerprint density at radius 1 is 1.31 bits per heavy atom. The minimum absolute atomic E-state index is 0.0957. The summed E-state index contributed by atoms with van der Waals surface area (Å²) in [6.07, 6.45) is 5.81. The number of rotatable bonds is 5. The molecule has 0 bridgehead atoms. The highest BCUT2D eigenvalue weighted by Crippen LogP contribution is 2.27. The monoisotopic (exact) mass is 248 g/mol. The quantitative estimate of drug-likeness (QED) is 0.794. The summed E-state index contributed by atoms with van der Waals surface area (Å²) in [5, 5.41) is 4.98. The zero-order valence-electron chi connectivity index (χ0n) is 10.4. The highest BCUT2D eigenvalue weighted by molar-refractivity contribution is 7.89. The van der Waals surface area contributed by atoms with Gasteiger partial charge in [0, 0.05) is 6.04 Å². The van der Waals surface area contributed by atoms with Crippen LogP contribution in [0.5, 0.6) is 0 Å². The number of primary sulfonamides is 1. The maximum atomic E-state index is 10.8. The summed E-state index contributed by atoms with van der Waals surface area (Å²) in [6.45, 7) is 3.12. The lowest BCUT2D eigenvalue weighted by molar-refractivity contribution is 0.140. The van der Waals surface area contributed by atoms with Gasteiger partial charge in [-0.05, 0) is 38.8 Å². The smallest absolute Gasteiger partial charge is 0.209 e. The molecule has 4 nitrogen and oxygen atoms in total. The SMILES string of the molecule is CC1CCCCC1N(C)CCCS(N)(=O)=O. The average Bonchev–Trinajstić information content (AvgIpc) is 2.16. The lowest BCUT2D eigenvalue weighted by Gasteiger charge is -2.36. The molecule has 2 atom stereocenters. The fourth-order valence-corrected chi connectivity index (χ4v) is 3.16. The largest absolute Gasteiger partial charge is 0.303 e. The zero-order valence-corrected chi connectivity index (χ0v) is 11.2. The van der Waals surface area contributed by atoms with Crippen LogP contribution in [0.3, 0.4) is 0 Å². The van der Waals surface area contributed by atoms with E-state index in [2.05, 4.69) is 18.9 Å². The van der Waals surface area contributed by atoms with Crippen molar-refractivity contribution in [3.05, 3.63) is 0 Å². The van der Waals surface area contributed by atoms with Crippen LogP contribution in [0.15, 0.2) is 0 Å². The molecular weight excluding hydrogens is 224 g/mol. The Labute approximate surface area is 99.2 Å². The van der Waals surface area contributed by atoms with E-state index in [1.54, 1.807) is 0 Å². The van der Waals surface area contributed by atoms with Crippen molar-refractivity contribution in [2.45, 2.75) is 45.1 Å². The van der Waals surface area contributed by atoms with Crippen LogP contribution in [0.4, 0.5) is 0 Å². The molecule has 96 valence electrons. The summed E-state index contributed by atoms with van der Waals surface area (Å²) < 4.78 is 21.6. The molecule has 0 aromatic heterocycles. The van der Waals surface area contributed by atoms with Crippen LogP contribution < -0.4 is 5.14 Å². The lowest BCUT2D eigenvalue weighted by Crippen LogP contribution is -2.40. The molecule has 5 heteroatoms. The summed E-state index contributed by atoms with van der Waals surface area (Å²) in [7, 11) is -1.20. The van der Waals surface area contributed by atoms with Gasteiger partial charge < -0.3 is 4.90 Å². The molecule has 0 heterocycles. The zero-order chi connectivity index (χ0) is 12.2. The van der Waals surface area contributed by atoms with Crippen molar-refractivity contribution in [2.24, 2.45) is 11.1 Å². The topological polar surface area (TPSA) is 63.4 Å². The van der Waals surface area contributed by atoms with Gasteiger partial charge in [0.25, 0.3) is 0 Å². The maximum Gasteiger partial charge on any atom is 0.209 e. The van der Waals surface area contributed by atoms with E-state index in [1.165, 1.54) is 25.7 Å². The fourth-order valence-electron chi connectivity index (χ4n) is 2.63. The molecule has 1 rings (SSSR count). The van der Waals surface area contributed by atoms with Crippen LogP contribution in [0.1, 0.15) is 39.0 Å². The van der Waals surface area contributed by atoms with Gasteiger partial charge in [0.2, 0.25) is 10.0 Å². The average molecular weight is 248 g/mol. The van der Waals surface area contributed by atoms with Crippen molar-refractivity contribution in [1.82, 2.24) is 4.90 Å². The summed E-state index contributed by atoms with van der Waals surface area (Å²) >= 11 is 0. The van der Waals surface area contributed by atoms with Gasteiger partial charge in [-0.15, -0.1) is 0 Å². The summed E-state index contributed by atoms with van der Waals surface area (Å²) in [5.74, 6) is 0.826. The molecule has 0 spiro atoms. The van der Waals surface area contributed by atoms with Gasteiger partial charge in [-0.3, -0.25) is 0 Å². The fraction of sp³-hybridized carbons (Fsp3) is 1.00. The first-order valence-electron chi connectivity index (χ1n) is 6.11. The standard InChI is InChI=1S/C11H24N2O2S/c1-10-6-3-4-7-11(10)13(2)8-5-9-16(12,14)15/h10-11H,3-9H2,1-2H3,(H2,12,14,15). The number of nitrogens with zero attached hydrogens (tertiary/aromatic N) is 1. The van der Waals surface area contributed by atoms with Crippen molar-refractivity contribution in [1.29, 1.82) is 0 Å². The molecule has 0 saturated heterocycles. The Hall–Kier alpha value is -0.130. The van der Waals surface area contributed by atoms with Gasteiger partial charge in [-0.2, -0.15) is 0 Å². The Kier molecular flexibility index (Phi) is 5.21. The van der Waals surface area contributed by atoms with Crippen LogP contribution in [0, 0.1) is 5.92 Å². The summed E-state index contributed by atoms with van der Waals surface area (Å²) in [6, 6.07) is 0.620. The van der Waals surface area contributed by atoms with Gasteiger partial charge in [-0.1, -0.05) is 19.8 Å². The Morgan fingerprint density at radius 2 is 1.94 bits per heavy atom. The van der Waals surface area contributed by atoms with Crippen LogP contribution >= 0.6 is 0 Å². The van der Waals surface area contributed by atoms with Crippen molar-refractivity contribution in [3.8, 4) is 0 Å². The van der Waals surface area contributed by atoms with Gasteiger partial charge in [-0.25, -0.2) is 13.6 Å². The van der Waals surface area contributed by atoms with Gasteiger partial charge >= 0.3 is 0 Å². The van der Waals surface area contributed by atoms with E-state index in [0.717, 1.165) is 12.5 Å². The summed E-state index contributed by atoms with van der Waals surface area (Å²) in [4.78, 5) is 2.30. The van der Waals surface area contributed by atoms with Crippen LogP contribution in [0.2, 0.25) is 0 Å². The summed E-state index contributed by atoms with van der Waals surface area (Å²) in [5.41, 5.74) is 0. The molecule has 16 heavy (non-hydrogen) atoms. The number of hydrogen-bond donors (Lipinski definition) is 1. The van der Waals surface area contributed by atoms with E-state index in [1.807, 2.05) is 0 Å². The van der Waals surface area contributed by atoms with E-state index >= 15 is 0 Å². The predicted octanol–water partition coefficient (Wildman–Crippen LogP) is 1.18. The molecule has 0 aliphatic heterocycles. The van der Waals surface area contributed by atoms with Crippen molar-refractivity contribution < 1.29 is 8.42 Å². The van der Waals surface area contributed by atoms with Crippen LogP contribution in [-0.2, 0) is 10.0 Å². The Morgan fingerprint density at radius 3 is 2.50 bits per heavy atom. The van der Waals surface area contributed by atoms with Crippen LogP contribution in [-0.4, -0.2) is 38.7 Å². The highest BCUT2D eigenvalue weighted by Gasteiger charge is 2.24. The first-order valence-corrected chi connectivity index (χ1v) is 7.82. The van der Waals surface area contributed by atoms with E-state index in [9.17, 15) is 8.42 Å². The highest BCUT2D eigenvalue weighted by atomic mass is 32.2. The molecule has 0 aromatic carbocycles. The third-order valence-corrected chi connectivity index (χ3v) is 4.43.